The van der Waals surface area contributed by atoms with Crippen LogP contribution in [0.25, 0.3) is 10.2 Å². The fraction of sp³-hybridized carbons (Fsp3) is 0.360. The molecule has 0 saturated heterocycles. The van der Waals surface area contributed by atoms with Gasteiger partial charge in [-0.2, -0.15) is 0 Å². The number of amides is 1. The molecular formula is C25H23N3O3S. The van der Waals surface area contributed by atoms with E-state index in [0.29, 0.717) is 10.7 Å². The fourth-order valence-corrected chi connectivity index (χ4v) is 6.53. The van der Waals surface area contributed by atoms with E-state index in [4.69, 9.17) is 9.72 Å². The maximum atomic E-state index is 13.7. The van der Waals surface area contributed by atoms with Crippen molar-refractivity contribution in [2.24, 2.45) is 5.92 Å². The Hall–Kier alpha value is -3.06. The molecule has 2 aromatic heterocycles. The van der Waals surface area contributed by atoms with Gasteiger partial charge in [-0.1, -0.05) is 29.9 Å². The smallest absolute Gasteiger partial charge is 0.296 e. The molecule has 3 unspecified atom stereocenters. The fourth-order valence-electron chi connectivity index (χ4n) is 5.36. The summed E-state index contributed by atoms with van der Waals surface area (Å²) < 4.78 is 7.27. The van der Waals surface area contributed by atoms with Crippen molar-refractivity contribution >= 4 is 38.4 Å². The van der Waals surface area contributed by atoms with Crippen LogP contribution in [0.3, 0.4) is 0 Å². The van der Waals surface area contributed by atoms with Crippen molar-refractivity contribution in [1.29, 1.82) is 0 Å². The first-order chi connectivity index (χ1) is 15.5. The molecule has 0 spiro atoms. The molecule has 3 atom stereocenters. The molecule has 6 nitrogen and oxygen atoms in total. The van der Waals surface area contributed by atoms with Crippen LogP contribution in [-0.4, -0.2) is 27.8 Å². The standard InChI is InChI=1S/C25H23N3O3S/c1-13-10-14(2)20-18(11-13)32-25(27-20)28-21(15-6-5-9-26-12-15)19-22(29)16-7-3-4-8-17(16)31-23(19)24(28)30/h5-6,9-12,16-17,21H,3-4,7-8H2,1-2H3. The molecule has 1 amide bonds. The number of fused-ring (bicyclic) bond motifs is 2. The van der Waals surface area contributed by atoms with Crippen molar-refractivity contribution in [3.8, 4) is 0 Å². The highest BCUT2D eigenvalue weighted by Gasteiger charge is 2.53. The molecule has 1 fully saturated rings. The Bertz CT molecular complexity index is 1300. The molecule has 0 radical (unpaired) electrons. The summed E-state index contributed by atoms with van der Waals surface area (Å²) in [5.41, 5.74) is 4.38. The van der Waals surface area contributed by atoms with Crippen LogP contribution in [0.2, 0.25) is 0 Å². The van der Waals surface area contributed by atoms with E-state index in [1.165, 1.54) is 11.3 Å². The van der Waals surface area contributed by atoms with Crippen LogP contribution in [0.4, 0.5) is 5.13 Å². The van der Waals surface area contributed by atoms with E-state index in [-0.39, 0.29) is 29.5 Å². The zero-order valence-corrected chi connectivity index (χ0v) is 18.8. The normalized spacial score (nSPS) is 25.2. The van der Waals surface area contributed by atoms with Gasteiger partial charge < -0.3 is 4.74 Å². The largest absolute Gasteiger partial charge is 0.483 e. The number of carbonyl (C=O) groups is 2. The SMILES string of the molecule is Cc1cc(C)c2nc(N3C(=O)C4=C(C(=O)C5CCCCC5O4)C3c3cccnc3)sc2c1. The van der Waals surface area contributed by atoms with E-state index in [2.05, 4.69) is 24.0 Å². The van der Waals surface area contributed by atoms with E-state index in [1.807, 2.05) is 19.1 Å². The van der Waals surface area contributed by atoms with Gasteiger partial charge in [0.05, 0.1) is 27.7 Å². The number of ketones is 1. The molecule has 162 valence electrons. The predicted octanol–water partition coefficient (Wildman–Crippen LogP) is 4.81. The second-order valence-corrected chi connectivity index (χ2v) is 9.95. The van der Waals surface area contributed by atoms with E-state index in [1.54, 1.807) is 17.3 Å². The number of aromatic nitrogens is 2. The number of anilines is 1. The van der Waals surface area contributed by atoms with Gasteiger partial charge in [-0.05, 0) is 61.9 Å². The third-order valence-electron chi connectivity index (χ3n) is 6.79. The van der Waals surface area contributed by atoms with Crippen LogP contribution in [-0.2, 0) is 14.3 Å². The molecule has 32 heavy (non-hydrogen) atoms. The van der Waals surface area contributed by atoms with Gasteiger partial charge in [0, 0.05) is 12.4 Å². The number of pyridine rings is 1. The number of hydrogen-bond acceptors (Lipinski definition) is 6. The maximum Gasteiger partial charge on any atom is 0.296 e. The van der Waals surface area contributed by atoms with Gasteiger partial charge in [-0.25, -0.2) is 4.98 Å². The molecule has 4 heterocycles. The van der Waals surface area contributed by atoms with E-state index < -0.39 is 6.04 Å². The van der Waals surface area contributed by atoms with Crippen molar-refractivity contribution in [2.45, 2.75) is 51.7 Å². The van der Waals surface area contributed by atoms with Gasteiger partial charge in [-0.15, -0.1) is 0 Å². The second kappa shape index (κ2) is 7.24. The van der Waals surface area contributed by atoms with Crippen molar-refractivity contribution < 1.29 is 14.3 Å². The zero-order valence-electron chi connectivity index (χ0n) is 18.0. The average molecular weight is 446 g/mol. The van der Waals surface area contributed by atoms with E-state index in [0.717, 1.165) is 52.6 Å². The molecular weight excluding hydrogens is 422 g/mol. The lowest BCUT2D eigenvalue weighted by Crippen LogP contribution is -2.39. The van der Waals surface area contributed by atoms with Gasteiger partial charge in [0.25, 0.3) is 5.91 Å². The van der Waals surface area contributed by atoms with Gasteiger partial charge in [-0.3, -0.25) is 19.5 Å². The number of hydrogen-bond donors (Lipinski definition) is 0. The number of carbonyl (C=O) groups excluding carboxylic acids is 2. The average Bonchev–Trinajstić information content (AvgIpc) is 3.34. The van der Waals surface area contributed by atoms with E-state index in [9.17, 15) is 9.59 Å². The third kappa shape index (κ3) is 2.84. The lowest BCUT2D eigenvalue weighted by molar-refractivity contribution is -0.131. The van der Waals surface area contributed by atoms with Crippen LogP contribution < -0.4 is 4.90 Å². The molecule has 3 aromatic rings. The number of rotatable bonds is 2. The van der Waals surface area contributed by atoms with Crippen LogP contribution >= 0.6 is 11.3 Å². The Kier molecular flexibility index (Phi) is 4.43. The van der Waals surface area contributed by atoms with Crippen molar-refractivity contribution in [3.63, 3.8) is 0 Å². The van der Waals surface area contributed by atoms with Crippen molar-refractivity contribution in [3.05, 3.63) is 64.7 Å². The Morgan fingerprint density at radius 1 is 1.16 bits per heavy atom. The minimum atomic E-state index is -0.566. The Balaban J connectivity index is 1.52. The van der Waals surface area contributed by atoms with Crippen LogP contribution in [0, 0.1) is 19.8 Å². The summed E-state index contributed by atoms with van der Waals surface area (Å²) in [6.07, 6.45) is 6.89. The van der Waals surface area contributed by atoms with Gasteiger partial charge >= 0.3 is 0 Å². The van der Waals surface area contributed by atoms with E-state index >= 15 is 0 Å². The first kappa shape index (κ1) is 19.6. The second-order valence-electron chi connectivity index (χ2n) is 8.94. The highest BCUT2D eigenvalue weighted by molar-refractivity contribution is 7.22. The first-order valence-electron chi connectivity index (χ1n) is 11.1. The number of ether oxygens (including phenoxy) is 1. The highest BCUT2D eigenvalue weighted by Crippen LogP contribution is 2.49. The molecule has 7 heteroatoms. The molecule has 6 rings (SSSR count). The lowest BCUT2D eigenvalue weighted by atomic mass is 9.78. The number of Topliss-reactive ketones (excluding diaryl/α,β-unsaturated/α-hetero) is 1. The minimum absolute atomic E-state index is 0.0498. The van der Waals surface area contributed by atoms with Crippen LogP contribution in [0.15, 0.2) is 48.0 Å². The molecule has 0 bridgehead atoms. The predicted molar refractivity (Wildman–Crippen MR) is 122 cm³/mol. The van der Waals surface area contributed by atoms with Crippen molar-refractivity contribution in [1.82, 2.24) is 9.97 Å². The monoisotopic (exact) mass is 445 g/mol. The molecule has 1 aliphatic carbocycles. The molecule has 1 aromatic carbocycles. The van der Waals surface area contributed by atoms with Crippen molar-refractivity contribution in [2.75, 3.05) is 4.90 Å². The lowest BCUT2D eigenvalue weighted by Gasteiger charge is -2.35. The highest BCUT2D eigenvalue weighted by atomic mass is 32.1. The molecule has 3 aliphatic rings. The summed E-state index contributed by atoms with van der Waals surface area (Å²) in [6, 6.07) is 7.36. The zero-order chi connectivity index (χ0) is 22.0. The molecule has 0 N–H and O–H groups in total. The number of aryl methyl sites for hydroxylation is 2. The Morgan fingerprint density at radius 3 is 2.81 bits per heavy atom. The Labute approximate surface area is 189 Å². The summed E-state index contributed by atoms with van der Waals surface area (Å²) in [4.78, 5) is 38.1. The topological polar surface area (TPSA) is 72.4 Å². The van der Waals surface area contributed by atoms with Crippen LogP contribution in [0.1, 0.15) is 48.4 Å². The van der Waals surface area contributed by atoms with Gasteiger partial charge in [0.2, 0.25) is 0 Å². The number of nitrogens with zero attached hydrogens (tertiary/aromatic N) is 3. The number of thiazole rings is 1. The summed E-state index contributed by atoms with van der Waals surface area (Å²) >= 11 is 1.48. The van der Waals surface area contributed by atoms with Gasteiger partial charge in [0.1, 0.15) is 6.10 Å². The first-order valence-corrected chi connectivity index (χ1v) is 11.9. The van der Waals surface area contributed by atoms with Crippen LogP contribution in [0.5, 0.6) is 0 Å². The summed E-state index contributed by atoms with van der Waals surface area (Å²) in [6.45, 7) is 4.09. The Morgan fingerprint density at radius 2 is 2.00 bits per heavy atom. The third-order valence-corrected chi connectivity index (χ3v) is 7.79. The quantitative estimate of drug-likeness (QED) is 0.566. The minimum Gasteiger partial charge on any atom is -0.483 e. The summed E-state index contributed by atoms with van der Waals surface area (Å²) in [5.74, 6) is -0.192. The molecule has 1 saturated carbocycles. The molecule has 2 aliphatic heterocycles. The summed E-state index contributed by atoms with van der Waals surface area (Å²) in [5, 5.41) is 0.585. The maximum absolute atomic E-state index is 13.7. The summed E-state index contributed by atoms with van der Waals surface area (Å²) in [7, 11) is 0. The number of benzene rings is 1. The van der Waals surface area contributed by atoms with Gasteiger partial charge in [0.15, 0.2) is 16.7 Å².